The number of hydrogen-bond donors (Lipinski definition) is 1. The number of hydrogen-bond acceptors (Lipinski definition) is 1. The third-order valence-electron chi connectivity index (χ3n) is 6.33. The number of benzene rings is 3. The van der Waals surface area contributed by atoms with Crippen LogP contribution in [0.2, 0.25) is 0 Å². The smallest absolute Gasteiger partial charge is 0.119 e. The van der Waals surface area contributed by atoms with E-state index in [1.807, 2.05) is 6.07 Å². The minimum absolute atomic E-state index is 0.182. The molecule has 0 fully saturated rings. The predicted octanol–water partition coefficient (Wildman–Crippen LogP) is 6.97. The maximum Gasteiger partial charge on any atom is 0.119 e. The van der Waals surface area contributed by atoms with Crippen molar-refractivity contribution in [2.75, 3.05) is 0 Å². The Labute approximate surface area is 170 Å². The second-order valence-electron chi connectivity index (χ2n) is 9.06. The van der Waals surface area contributed by atoms with Gasteiger partial charge in [0.2, 0.25) is 0 Å². The predicted molar refractivity (Wildman–Crippen MR) is 119 cm³/mol. The van der Waals surface area contributed by atoms with Crippen LogP contribution in [0, 0.1) is 20.8 Å². The molecule has 0 aliphatic heterocycles. The van der Waals surface area contributed by atoms with Gasteiger partial charge in [-0.2, -0.15) is 0 Å². The lowest BCUT2D eigenvalue weighted by Crippen LogP contribution is -2.24. The molecule has 0 bridgehead atoms. The number of phenols is 1. The van der Waals surface area contributed by atoms with Crippen LogP contribution < -0.4 is 0 Å². The molecule has 3 rings (SSSR count). The van der Waals surface area contributed by atoms with Crippen molar-refractivity contribution < 1.29 is 5.11 Å². The number of aryl methyl sites for hydroxylation is 3. The summed E-state index contributed by atoms with van der Waals surface area (Å²) >= 11 is 0. The summed E-state index contributed by atoms with van der Waals surface area (Å²) in [4.78, 5) is 0. The number of phenolic OH excluding ortho intramolecular Hbond substituents is 1. The van der Waals surface area contributed by atoms with E-state index in [9.17, 15) is 5.11 Å². The molecule has 1 nitrogen and oxygen atoms in total. The molecule has 3 aromatic rings. The van der Waals surface area contributed by atoms with Crippen molar-refractivity contribution in [1.82, 2.24) is 0 Å². The normalized spacial score (nSPS) is 12.2. The van der Waals surface area contributed by atoms with E-state index >= 15 is 0 Å². The molecule has 1 heteroatoms. The van der Waals surface area contributed by atoms with Crippen LogP contribution in [-0.4, -0.2) is 5.11 Å². The third-order valence-corrected chi connectivity index (χ3v) is 6.33. The van der Waals surface area contributed by atoms with Crippen molar-refractivity contribution in [2.24, 2.45) is 0 Å². The quantitative estimate of drug-likeness (QED) is 0.524. The molecule has 0 heterocycles. The zero-order valence-corrected chi connectivity index (χ0v) is 18.2. The molecule has 1 N–H and O–H groups in total. The SMILES string of the molecule is Cc1ccccc1C(C)(C)c1cc(O)c(C(C)(C)c2ccccc2C)cc1C. The van der Waals surface area contributed by atoms with Gasteiger partial charge >= 0.3 is 0 Å². The van der Waals surface area contributed by atoms with E-state index in [1.165, 1.54) is 33.4 Å². The van der Waals surface area contributed by atoms with Gasteiger partial charge in [0, 0.05) is 16.4 Å². The number of rotatable bonds is 4. The van der Waals surface area contributed by atoms with E-state index < -0.39 is 0 Å². The van der Waals surface area contributed by atoms with Gasteiger partial charge in [-0.3, -0.25) is 0 Å². The Morgan fingerprint density at radius 3 is 1.43 bits per heavy atom. The Balaban J connectivity index is 2.14. The fourth-order valence-electron chi connectivity index (χ4n) is 4.71. The van der Waals surface area contributed by atoms with E-state index in [-0.39, 0.29) is 10.8 Å². The van der Waals surface area contributed by atoms with Crippen molar-refractivity contribution in [1.29, 1.82) is 0 Å². The van der Waals surface area contributed by atoms with Gasteiger partial charge < -0.3 is 5.11 Å². The zero-order valence-electron chi connectivity index (χ0n) is 18.2. The van der Waals surface area contributed by atoms with Gasteiger partial charge in [0.05, 0.1) is 0 Å². The molecule has 0 amide bonds. The lowest BCUT2D eigenvalue weighted by atomic mass is 9.71. The monoisotopic (exact) mass is 372 g/mol. The van der Waals surface area contributed by atoms with Gasteiger partial charge in [-0.05, 0) is 60.2 Å². The lowest BCUT2D eigenvalue weighted by molar-refractivity contribution is 0.449. The van der Waals surface area contributed by atoms with E-state index in [1.54, 1.807) is 0 Å². The number of aromatic hydroxyl groups is 1. The second-order valence-corrected chi connectivity index (χ2v) is 9.06. The minimum Gasteiger partial charge on any atom is -0.508 e. The van der Waals surface area contributed by atoms with Crippen LogP contribution in [0.1, 0.15) is 66.6 Å². The first kappa shape index (κ1) is 20.2. The topological polar surface area (TPSA) is 20.2 Å². The highest BCUT2D eigenvalue weighted by Crippen LogP contribution is 2.43. The van der Waals surface area contributed by atoms with Crippen molar-refractivity contribution >= 4 is 0 Å². The maximum absolute atomic E-state index is 11.1. The molecule has 0 unspecified atom stereocenters. The molecule has 0 aromatic heterocycles. The lowest BCUT2D eigenvalue weighted by Gasteiger charge is -2.33. The maximum atomic E-state index is 11.1. The Bertz CT molecular complexity index is 925. The Morgan fingerprint density at radius 2 is 0.964 bits per heavy atom. The molecular formula is C27H32O. The fraction of sp³-hybridized carbons (Fsp3) is 0.333. The largest absolute Gasteiger partial charge is 0.508 e. The van der Waals surface area contributed by atoms with Gasteiger partial charge in [-0.25, -0.2) is 0 Å². The van der Waals surface area contributed by atoms with Gasteiger partial charge in [-0.1, -0.05) is 82.3 Å². The van der Waals surface area contributed by atoms with Crippen LogP contribution >= 0.6 is 0 Å². The second kappa shape index (κ2) is 7.13. The zero-order chi connectivity index (χ0) is 20.7. The summed E-state index contributed by atoms with van der Waals surface area (Å²) in [5.74, 6) is 0.371. The highest BCUT2D eigenvalue weighted by molar-refractivity contribution is 5.55. The molecule has 146 valence electrons. The van der Waals surface area contributed by atoms with E-state index in [4.69, 9.17) is 0 Å². The fourth-order valence-corrected chi connectivity index (χ4v) is 4.71. The van der Waals surface area contributed by atoms with Crippen LogP contribution in [-0.2, 0) is 10.8 Å². The Hall–Kier alpha value is -2.54. The van der Waals surface area contributed by atoms with Gasteiger partial charge in [0.25, 0.3) is 0 Å². The van der Waals surface area contributed by atoms with Crippen molar-refractivity contribution in [3.63, 3.8) is 0 Å². The molecule has 0 saturated heterocycles. The van der Waals surface area contributed by atoms with Crippen LogP contribution in [0.25, 0.3) is 0 Å². The molecule has 3 aromatic carbocycles. The van der Waals surface area contributed by atoms with Crippen LogP contribution in [0.15, 0.2) is 60.7 Å². The van der Waals surface area contributed by atoms with Crippen molar-refractivity contribution in [2.45, 2.75) is 59.3 Å². The molecule has 0 saturated carbocycles. The first-order chi connectivity index (χ1) is 13.1. The summed E-state index contributed by atoms with van der Waals surface area (Å²) in [6, 6.07) is 21.1. The first-order valence-corrected chi connectivity index (χ1v) is 10.0. The molecule has 0 aliphatic rings. The van der Waals surface area contributed by atoms with Gasteiger partial charge in [0.1, 0.15) is 5.75 Å². The Morgan fingerprint density at radius 1 is 0.536 bits per heavy atom. The summed E-state index contributed by atoms with van der Waals surface area (Å²) in [6.45, 7) is 15.3. The standard InChI is InChI=1S/C27H32O/c1-18-12-8-10-14-21(18)26(4,5)23-17-25(28)24(16-20(23)3)27(6,7)22-15-11-9-13-19(22)2/h8-17,28H,1-7H3. The van der Waals surface area contributed by atoms with Crippen LogP contribution in [0.3, 0.4) is 0 Å². The summed E-state index contributed by atoms with van der Waals surface area (Å²) in [5.41, 5.74) is 7.96. The molecule has 28 heavy (non-hydrogen) atoms. The average Bonchev–Trinajstić information content (AvgIpc) is 2.63. The minimum atomic E-state index is -0.272. The van der Waals surface area contributed by atoms with Crippen molar-refractivity contribution in [3.05, 3.63) is 99.6 Å². The summed E-state index contributed by atoms with van der Waals surface area (Å²) < 4.78 is 0. The third kappa shape index (κ3) is 3.35. The molecular weight excluding hydrogens is 340 g/mol. The first-order valence-electron chi connectivity index (χ1n) is 10.0. The summed E-state index contributed by atoms with van der Waals surface area (Å²) in [5, 5.41) is 11.1. The van der Waals surface area contributed by atoms with E-state index in [0.29, 0.717) is 5.75 Å². The molecule has 0 atom stereocenters. The van der Waals surface area contributed by atoms with Gasteiger partial charge in [-0.15, -0.1) is 0 Å². The highest BCUT2D eigenvalue weighted by Gasteiger charge is 2.32. The van der Waals surface area contributed by atoms with E-state index in [0.717, 1.165) is 5.56 Å². The molecule has 0 radical (unpaired) electrons. The molecule has 0 spiro atoms. The molecule has 0 aliphatic carbocycles. The highest BCUT2D eigenvalue weighted by atomic mass is 16.3. The summed E-state index contributed by atoms with van der Waals surface area (Å²) in [6.07, 6.45) is 0. The average molecular weight is 373 g/mol. The van der Waals surface area contributed by atoms with Crippen LogP contribution in [0.4, 0.5) is 0 Å². The van der Waals surface area contributed by atoms with Gasteiger partial charge in [0.15, 0.2) is 0 Å². The Kier molecular flexibility index (Phi) is 5.14. The van der Waals surface area contributed by atoms with Crippen LogP contribution in [0.5, 0.6) is 5.75 Å². The van der Waals surface area contributed by atoms with Crippen molar-refractivity contribution in [3.8, 4) is 5.75 Å². The summed E-state index contributed by atoms with van der Waals surface area (Å²) in [7, 11) is 0. The van der Waals surface area contributed by atoms with E-state index in [2.05, 4.69) is 103 Å².